The van der Waals surface area contributed by atoms with Gasteiger partial charge in [-0.3, -0.25) is 14.4 Å². The molecule has 1 heterocycles. The summed E-state index contributed by atoms with van der Waals surface area (Å²) >= 11 is 0. The van der Waals surface area contributed by atoms with Crippen molar-refractivity contribution < 1.29 is 27.6 Å². The summed E-state index contributed by atoms with van der Waals surface area (Å²) in [6.45, 7) is 4.31. The van der Waals surface area contributed by atoms with E-state index in [1.54, 1.807) is 17.9 Å². The number of rotatable bonds is 8. The molecule has 1 saturated heterocycles. The van der Waals surface area contributed by atoms with E-state index in [4.69, 9.17) is 5.73 Å². The number of carbonyl (C=O) groups is 3. The molecule has 8 nitrogen and oxygen atoms in total. The normalized spacial score (nSPS) is 22.8. The second-order valence-corrected chi connectivity index (χ2v) is 11.0. The minimum atomic E-state index is -2.73. The lowest BCUT2D eigenvalue weighted by Crippen LogP contribution is -2.58. The highest BCUT2D eigenvalue weighted by atomic mass is 19.3. The molecule has 210 valence electrons. The maximum absolute atomic E-state index is 15.2. The second-order valence-electron chi connectivity index (χ2n) is 11.0. The van der Waals surface area contributed by atoms with E-state index in [0.29, 0.717) is 31.5 Å². The molecule has 2 atom stereocenters. The molecule has 0 unspecified atom stereocenters. The highest BCUT2D eigenvalue weighted by Gasteiger charge is 2.55. The second kappa shape index (κ2) is 11.2. The Kier molecular flexibility index (Phi) is 8.37. The van der Waals surface area contributed by atoms with Crippen LogP contribution in [0.25, 0.3) is 0 Å². The van der Waals surface area contributed by atoms with Crippen molar-refractivity contribution in [2.24, 2.45) is 11.7 Å². The van der Waals surface area contributed by atoms with Crippen LogP contribution in [0.2, 0.25) is 0 Å². The van der Waals surface area contributed by atoms with Crippen LogP contribution in [-0.4, -0.2) is 78.8 Å². The molecule has 4 N–H and O–H groups in total. The zero-order valence-corrected chi connectivity index (χ0v) is 22.1. The SMILES string of the molecule is CCC(=O)N[C@@H](C(=O)N1CCN(C)CC1)C1(c2ccc(NC(=O)[C@@H](N)C3CCC(F)(F)CC3)c(F)c2)CC1. The van der Waals surface area contributed by atoms with Crippen LogP contribution in [0.3, 0.4) is 0 Å². The van der Waals surface area contributed by atoms with Crippen molar-refractivity contribution in [1.29, 1.82) is 0 Å². The third-order valence-corrected chi connectivity index (χ3v) is 8.40. The van der Waals surface area contributed by atoms with Crippen molar-refractivity contribution >= 4 is 23.4 Å². The fourth-order valence-corrected chi connectivity index (χ4v) is 5.57. The van der Waals surface area contributed by atoms with E-state index >= 15 is 4.39 Å². The van der Waals surface area contributed by atoms with Crippen molar-refractivity contribution in [2.75, 3.05) is 38.5 Å². The first-order chi connectivity index (χ1) is 18.0. The summed E-state index contributed by atoms with van der Waals surface area (Å²) in [7, 11) is 1.99. The van der Waals surface area contributed by atoms with Crippen LogP contribution in [-0.2, 0) is 19.8 Å². The average Bonchev–Trinajstić information content (AvgIpc) is 3.69. The van der Waals surface area contributed by atoms with Crippen molar-refractivity contribution in [3.8, 4) is 0 Å². The molecule has 0 bridgehead atoms. The molecule has 0 radical (unpaired) electrons. The van der Waals surface area contributed by atoms with Gasteiger partial charge < -0.3 is 26.2 Å². The number of nitrogens with zero attached hydrogens (tertiary/aromatic N) is 2. The smallest absolute Gasteiger partial charge is 0.248 e. The van der Waals surface area contributed by atoms with Gasteiger partial charge >= 0.3 is 0 Å². The number of alkyl halides is 2. The van der Waals surface area contributed by atoms with Gasteiger partial charge in [0.15, 0.2) is 0 Å². The lowest BCUT2D eigenvalue weighted by Gasteiger charge is -2.37. The molecular formula is C27H38F3N5O3. The highest BCUT2D eigenvalue weighted by Crippen LogP contribution is 2.52. The third-order valence-electron chi connectivity index (χ3n) is 8.40. The summed E-state index contributed by atoms with van der Waals surface area (Å²) < 4.78 is 42.1. The molecule has 3 amide bonds. The van der Waals surface area contributed by atoms with E-state index in [1.165, 1.54) is 12.1 Å². The minimum absolute atomic E-state index is 0.0642. The molecule has 1 aliphatic heterocycles. The van der Waals surface area contributed by atoms with E-state index in [-0.39, 0.29) is 49.6 Å². The number of nitrogens with one attached hydrogen (secondary N) is 2. The summed E-state index contributed by atoms with van der Waals surface area (Å²) in [5.41, 5.74) is 5.83. The maximum atomic E-state index is 15.2. The Balaban J connectivity index is 1.48. The Bertz CT molecular complexity index is 1050. The number of nitrogens with two attached hydrogens (primary N) is 1. The molecule has 3 fully saturated rings. The zero-order chi connectivity index (χ0) is 27.7. The van der Waals surface area contributed by atoms with Crippen LogP contribution in [0.5, 0.6) is 0 Å². The molecule has 38 heavy (non-hydrogen) atoms. The van der Waals surface area contributed by atoms with Crippen LogP contribution in [0, 0.1) is 11.7 Å². The van der Waals surface area contributed by atoms with Gasteiger partial charge in [0.25, 0.3) is 0 Å². The first-order valence-electron chi connectivity index (χ1n) is 13.5. The quantitative estimate of drug-likeness (QED) is 0.473. The lowest BCUT2D eigenvalue weighted by atomic mass is 9.82. The van der Waals surface area contributed by atoms with Gasteiger partial charge in [-0.1, -0.05) is 13.0 Å². The van der Waals surface area contributed by atoms with Gasteiger partial charge in [-0.2, -0.15) is 0 Å². The number of benzene rings is 1. The fourth-order valence-electron chi connectivity index (χ4n) is 5.57. The van der Waals surface area contributed by atoms with Crippen LogP contribution in [0.4, 0.5) is 18.9 Å². The number of likely N-dealkylation sites (N-methyl/N-ethyl adjacent to an activating group) is 1. The van der Waals surface area contributed by atoms with Gasteiger partial charge in [0.1, 0.15) is 11.9 Å². The zero-order valence-electron chi connectivity index (χ0n) is 22.1. The summed E-state index contributed by atoms with van der Waals surface area (Å²) in [5, 5.41) is 5.39. The minimum Gasteiger partial charge on any atom is -0.343 e. The van der Waals surface area contributed by atoms with Crippen molar-refractivity contribution in [2.45, 2.75) is 75.3 Å². The number of amides is 3. The summed E-state index contributed by atoms with van der Waals surface area (Å²) in [6.07, 6.45) is 1.10. The molecular weight excluding hydrogens is 499 g/mol. The Morgan fingerprint density at radius 1 is 1.08 bits per heavy atom. The molecule has 1 aromatic rings. The highest BCUT2D eigenvalue weighted by molar-refractivity contribution is 5.95. The number of halogens is 3. The van der Waals surface area contributed by atoms with Crippen LogP contribution < -0.4 is 16.4 Å². The largest absolute Gasteiger partial charge is 0.343 e. The molecule has 11 heteroatoms. The van der Waals surface area contributed by atoms with Gasteiger partial charge in [-0.15, -0.1) is 0 Å². The van der Waals surface area contributed by atoms with E-state index in [2.05, 4.69) is 15.5 Å². The Hall–Kier alpha value is -2.66. The van der Waals surface area contributed by atoms with E-state index in [0.717, 1.165) is 13.1 Å². The number of piperazine rings is 1. The number of anilines is 1. The lowest BCUT2D eigenvalue weighted by molar-refractivity contribution is -0.138. The molecule has 1 aromatic carbocycles. The van der Waals surface area contributed by atoms with Gasteiger partial charge in [-0.25, -0.2) is 13.2 Å². The molecule has 0 spiro atoms. The Morgan fingerprint density at radius 2 is 1.71 bits per heavy atom. The van der Waals surface area contributed by atoms with Gasteiger partial charge in [0.2, 0.25) is 23.6 Å². The van der Waals surface area contributed by atoms with Crippen LogP contribution in [0.1, 0.15) is 57.4 Å². The maximum Gasteiger partial charge on any atom is 0.248 e. The van der Waals surface area contributed by atoms with E-state index in [9.17, 15) is 23.2 Å². The van der Waals surface area contributed by atoms with Crippen molar-refractivity contribution in [3.63, 3.8) is 0 Å². The van der Waals surface area contributed by atoms with Crippen molar-refractivity contribution in [3.05, 3.63) is 29.6 Å². The van der Waals surface area contributed by atoms with Crippen molar-refractivity contribution in [1.82, 2.24) is 15.1 Å². The van der Waals surface area contributed by atoms with Gasteiger partial charge in [0.05, 0.1) is 11.7 Å². The molecule has 2 saturated carbocycles. The molecule has 2 aliphatic carbocycles. The number of hydrogen-bond acceptors (Lipinski definition) is 5. The third kappa shape index (κ3) is 6.14. The van der Waals surface area contributed by atoms with Gasteiger partial charge in [-0.05, 0) is 56.3 Å². The van der Waals surface area contributed by atoms with Crippen LogP contribution >= 0.6 is 0 Å². The van der Waals surface area contributed by atoms with E-state index < -0.39 is 41.1 Å². The predicted octanol–water partition coefficient (Wildman–Crippen LogP) is 2.62. The predicted molar refractivity (Wildman–Crippen MR) is 137 cm³/mol. The molecule has 3 aliphatic rings. The first-order valence-corrected chi connectivity index (χ1v) is 13.5. The monoisotopic (exact) mass is 537 g/mol. The molecule has 4 rings (SSSR count). The standard InChI is InChI=1S/C27H38F3N5O3/c1-3-21(36)33-23(25(38)35-14-12-34(2)13-15-35)26(10-11-26)18-4-5-20(19(28)16-18)32-24(37)22(31)17-6-8-27(29,30)9-7-17/h4-5,16-17,22-23H,3,6-15,31H2,1-2H3,(H,32,37)(H,33,36)/t22-,23-/m0/s1. The Labute approximate surface area is 221 Å². The summed E-state index contributed by atoms with van der Waals surface area (Å²) in [5.74, 6) is -4.84. The summed E-state index contributed by atoms with van der Waals surface area (Å²) in [6, 6.07) is 2.58. The number of carbonyl (C=O) groups excluding carboxylic acids is 3. The average molecular weight is 538 g/mol. The Morgan fingerprint density at radius 3 is 2.26 bits per heavy atom. The summed E-state index contributed by atoms with van der Waals surface area (Å²) in [4.78, 5) is 42.5. The first kappa shape index (κ1) is 28.4. The molecule has 0 aromatic heterocycles. The van der Waals surface area contributed by atoms with Gasteiger partial charge in [0, 0.05) is 50.9 Å². The van der Waals surface area contributed by atoms with Crippen LogP contribution in [0.15, 0.2) is 18.2 Å². The number of hydrogen-bond donors (Lipinski definition) is 3. The topological polar surface area (TPSA) is 108 Å². The fraction of sp³-hybridized carbons (Fsp3) is 0.667. The van der Waals surface area contributed by atoms with E-state index in [1.807, 2.05) is 7.05 Å².